The van der Waals surface area contributed by atoms with Gasteiger partial charge < -0.3 is 30.8 Å². The smallest absolute Gasteiger partial charge is 0.326 e. The summed E-state index contributed by atoms with van der Waals surface area (Å²) >= 11 is 0. The number of β-amino-alcohol motifs (C(OH)–C–C–N with tert-alkyl or cyclic N) is 1. The highest BCUT2D eigenvalue weighted by molar-refractivity contribution is 6.14. The molecule has 0 spiro atoms. The van der Waals surface area contributed by atoms with Crippen molar-refractivity contribution in [2.75, 3.05) is 30.4 Å². The van der Waals surface area contributed by atoms with E-state index in [1.165, 1.54) is 24.5 Å². The van der Waals surface area contributed by atoms with E-state index in [4.69, 9.17) is 10.5 Å². The summed E-state index contributed by atoms with van der Waals surface area (Å²) in [5, 5.41) is 14.4. The number of ether oxygens (including phenoxy) is 1. The molecular weight excluding hydrogens is 403 g/mol. The zero-order chi connectivity index (χ0) is 21.7. The fraction of sp³-hybridized carbons (Fsp3) is 0.300. The molecule has 0 amide bonds. The number of fused-ring (bicyclic) bond motifs is 3. The number of anilines is 2. The van der Waals surface area contributed by atoms with Crippen molar-refractivity contribution in [3.05, 3.63) is 36.2 Å². The lowest BCUT2D eigenvalue weighted by Crippen LogP contribution is -2.32. The van der Waals surface area contributed by atoms with Crippen LogP contribution in [-0.4, -0.2) is 62.3 Å². The fourth-order valence-corrected chi connectivity index (χ4v) is 3.82. The van der Waals surface area contributed by atoms with Gasteiger partial charge in [0.1, 0.15) is 23.1 Å². The minimum absolute atomic E-state index is 0.0722. The molecule has 1 saturated heterocycles. The Labute approximate surface area is 176 Å². The minimum atomic E-state index is -0.699. The van der Waals surface area contributed by atoms with Crippen molar-refractivity contribution in [2.24, 2.45) is 5.73 Å². The zero-order valence-electron chi connectivity index (χ0n) is 16.9. The molecule has 0 bridgehead atoms. The Morgan fingerprint density at radius 2 is 2.03 bits per heavy atom. The van der Waals surface area contributed by atoms with Gasteiger partial charge in [0.25, 0.3) is 0 Å². The van der Waals surface area contributed by atoms with E-state index in [1.807, 2.05) is 4.90 Å². The van der Waals surface area contributed by atoms with Gasteiger partial charge in [-0.05, 0) is 19.1 Å². The van der Waals surface area contributed by atoms with Crippen molar-refractivity contribution >= 4 is 33.4 Å². The second-order valence-electron chi connectivity index (χ2n) is 7.51. The first-order chi connectivity index (χ1) is 14.9. The van der Waals surface area contributed by atoms with E-state index >= 15 is 0 Å². The lowest BCUT2D eigenvalue weighted by molar-refractivity contribution is 0.180. The Bertz CT molecular complexity index is 1270. The number of aliphatic hydroxyl groups excluding tert-OH is 1. The maximum atomic E-state index is 14.3. The van der Waals surface area contributed by atoms with Gasteiger partial charge in [-0.15, -0.1) is 0 Å². The highest BCUT2D eigenvalue weighted by atomic mass is 19.1. The first kappa shape index (κ1) is 19.4. The number of aromatic amines is 1. The number of benzene rings is 1. The molecule has 5 rings (SSSR count). The summed E-state index contributed by atoms with van der Waals surface area (Å²) in [5.41, 5.74) is 7.77. The minimum Gasteiger partial charge on any atom is -0.421 e. The molecule has 2 atom stereocenters. The van der Waals surface area contributed by atoms with Crippen molar-refractivity contribution in [3.8, 4) is 11.8 Å². The third-order valence-corrected chi connectivity index (χ3v) is 5.35. The predicted molar refractivity (Wildman–Crippen MR) is 114 cm³/mol. The summed E-state index contributed by atoms with van der Waals surface area (Å²) in [6, 6.07) is 2.49. The molecule has 0 aliphatic carbocycles. The zero-order valence-corrected chi connectivity index (χ0v) is 16.9. The molecule has 160 valence electrons. The van der Waals surface area contributed by atoms with Crippen LogP contribution in [-0.2, 0) is 0 Å². The van der Waals surface area contributed by atoms with E-state index in [0.29, 0.717) is 58.1 Å². The van der Waals surface area contributed by atoms with Crippen LogP contribution in [0.2, 0.25) is 0 Å². The summed E-state index contributed by atoms with van der Waals surface area (Å²) in [5.74, 6) is 1.10. The van der Waals surface area contributed by atoms with Gasteiger partial charge >= 0.3 is 6.01 Å². The first-order valence-electron chi connectivity index (χ1n) is 9.78. The quantitative estimate of drug-likeness (QED) is 0.385. The maximum absolute atomic E-state index is 14.3. The predicted octanol–water partition coefficient (Wildman–Crippen LogP) is 1.69. The number of aliphatic hydroxyl groups is 1. The highest BCUT2D eigenvalue weighted by Gasteiger charge is 2.32. The normalized spacial score (nSPS) is 18.8. The number of nitrogens with two attached hydrogens (primary N) is 1. The average molecular weight is 424 g/mol. The third kappa shape index (κ3) is 3.37. The largest absolute Gasteiger partial charge is 0.421 e. The van der Waals surface area contributed by atoms with Crippen LogP contribution in [0.5, 0.6) is 11.8 Å². The van der Waals surface area contributed by atoms with E-state index in [-0.39, 0.29) is 11.8 Å². The second kappa shape index (κ2) is 7.29. The lowest BCUT2D eigenvalue weighted by atomic mass is 10.1. The number of rotatable bonds is 4. The van der Waals surface area contributed by atoms with Crippen LogP contribution in [0.4, 0.5) is 15.9 Å². The van der Waals surface area contributed by atoms with Gasteiger partial charge in [0.2, 0.25) is 0 Å². The van der Waals surface area contributed by atoms with Gasteiger partial charge in [0.15, 0.2) is 5.75 Å². The van der Waals surface area contributed by atoms with Crippen LogP contribution >= 0.6 is 0 Å². The van der Waals surface area contributed by atoms with E-state index in [1.54, 1.807) is 14.0 Å². The van der Waals surface area contributed by atoms with E-state index in [0.717, 1.165) is 0 Å². The Balaban J connectivity index is 1.71. The number of hydrogen-bond acceptors (Lipinski definition) is 9. The maximum Gasteiger partial charge on any atom is 0.326 e. The molecule has 5 N–H and O–H groups in total. The van der Waals surface area contributed by atoms with Crippen molar-refractivity contribution in [1.82, 2.24) is 24.9 Å². The topological polar surface area (TPSA) is 138 Å². The van der Waals surface area contributed by atoms with E-state index < -0.39 is 12.1 Å². The van der Waals surface area contributed by atoms with Crippen molar-refractivity contribution in [1.29, 1.82) is 0 Å². The molecule has 0 unspecified atom stereocenters. The fourth-order valence-electron chi connectivity index (χ4n) is 3.82. The summed E-state index contributed by atoms with van der Waals surface area (Å²) in [4.78, 5) is 22.4. The summed E-state index contributed by atoms with van der Waals surface area (Å²) in [7, 11) is 1.72. The van der Waals surface area contributed by atoms with Gasteiger partial charge in [-0.25, -0.2) is 14.4 Å². The van der Waals surface area contributed by atoms with Crippen LogP contribution in [0, 0.1) is 12.7 Å². The molecule has 1 aliphatic rings. The summed E-state index contributed by atoms with van der Waals surface area (Å²) < 4.78 is 20.1. The van der Waals surface area contributed by atoms with Crippen LogP contribution < -0.4 is 20.7 Å². The Hall–Kier alpha value is -3.57. The molecule has 1 fully saturated rings. The van der Waals surface area contributed by atoms with E-state index in [9.17, 15) is 9.50 Å². The number of H-pyrrole nitrogens is 1. The van der Waals surface area contributed by atoms with Gasteiger partial charge in [0.05, 0.1) is 35.1 Å². The van der Waals surface area contributed by atoms with Crippen molar-refractivity contribution in [3.63, 3.8) is 0 Å². The third-order valence-electron chi connectivity index (χ3n) is 5.35. The first-order valence-corrected chi connectivity index (χ1v) is 9.78. The second-order valence-corrected chi connectivity index (χ2v) is 7.51. The van der Waals surface area contributed by atoms with Gasteiger partial charge in [-0.3, -0.25) is 0 Å². The molecular formula is C20H21FN8O2. The molecule has 31 heavy (non-hydrogen) atoms. The average Bonchev–Trinajstić information content (AvgIpc) is 3.28. The van der Waals surface area contributed by atoms with Crippen molar-refractivity contribution < 1.29 is 14.2 Å². The Kier molecular flexibility index (Phi) is 4.56. The van der Waals surface area contributed by atoms with Gasteiger partial charge in [0, 0.05) is 31.6 Å². The lowest BCUT2D eigenvalue weighted by Gasteiger charge is -2.18. The number of aryl methyl sites for hydroxylation is 1. The summed E-state index contributed by atoms with van der Waals surface area (Å²) in [6.07, 6.45) is 2.37. The molecule has 1 aromatic carbocycles. The standard InChI is InChI=1S/C20H21FN8O2/c1-9-24-5-11(6-25-9)31-20-27-18-16(19(28-20)29-7-13(22)15(30)8-29)12-3-10(21)4-14(23-2)17(12)26-18/h3-6,13,15,23,30H,7-8,22H2,1-2H3,(H,26,27,28)/t13-,15-/m0/s1. The molecule has 3 aromatic heterocycles. The summed E-state index contributed by atoms with van der Waals surface area (Å²) in [6.45, 7) is 2.46. The molecule has 0 saturated carbocycles. The van der Waals surface area contributed by atoms with Crippen LogP contribution in [0.3, 0.4) is 0 Å². The van der Waals surface area contributed by atoms with E-state index in [2.05, 4.69) is 30.2 Å². The Morgan fingerprint density at radius 1 is 1.26 bits per heavy atom. The van der Waals surface area contributed by atoms with Crippen molar-refractivity contribution in [2.45, 2.75) is 19.1 Å². The number of hydrogen-bond donors (Lipinski definition) is 4. The number of aromatic nitrogens is 5. The molecule has 0 radical (unpaired) electrons. The van der Waals surface area contributed by atoms with Crippen LogP contribution in [0.1, 0.15) is 5.82 Å². The SMILES string of the molecule is CNc1cc(F)cc2c1[nH]c1nc(Oc3cnc(C)nc3)nc(N3C[C@H](N)[C@@H](O)C3)c12. The number of nitrogens with one attached hydrogen (secondary N) is 2. The monoisotopic (exact) mass is 424 g/mol. The number of halogens is 1. The van der Waals surface area contributed by atoms with Gasteiger partial charge in [-0.2, -0.15) is 9.97 Å². The van der Waals surface area contributed by atoms with Gasteiger partial charge in [-0.1, -0.05) is 0 Å². The molecule has 10 nitrogen and oxygen atoms in total. The number of nitrogens with zero attached hydrogens (tertiary/aromatic N) is 5. The molecule has 1 aliphatic heterocycles. The van der Waals surface area contributed by atoms with Crippen LogP contribution in [0.25, 0.3) is 21.9 Å². The van der Waals surface area contributed by atoms with Crippen LogP contribution in [0.15, 0.2) is 24.5 Å². The highest BCUT2D eigenvalue weighted by Crippen LogP contribution is 2.38. The molecule has 4 heterocycles. The molecule has 4 aromatic rings. The Morgan fingerprint density at radius 3 is 2.71 bits per heavy atom. The molecule has 11 heteroatoms.